The van der Waals surface area contributed by atoms with Gasteiger partial charge in [-0.05, 0) is 61.5 Å². The van der Waals surface area contributed by atoms with Crippen molar-refractivity contribution in [1.82, 2.24) is 0 Å². The van der Waals surface area contributed by atoms with E-state index in [0.717, 1.165) is 19.3 Å². The third-order valence-electron chi connectivity index (χ3n) is 4.09. The lowest BCUT2D eigenvalue weighted by Crippen LogP contribution is -2.15. The van der Waals surface area contributed by atoms with Crippen LogP contribution in [0.25, 0.3) is 0 Å². The van der Waals surface area contributed by atoms with Gasteiger partial charge in [-0.15, -0.1) is 0 Å². The van der Waals surface area contributed by atoms with E-state index in [1.807, 2.05) is 0 Å². The molecule has 18 heavy (non-hydrogen) atoms. The summed E-state index contributed by atoms with van der Waals surface area (Å²) >= 11 is 0. The summed E-state index contributed by atoms with van der Waals surface area (Å²) in [5.41, 5.74) is 3.08. The molecule has 0 bridgehead atoms. The number of aliphatic hydroxyl groups excluding tert-OH is 1. The fourth-order valence-electron chi connectivity index (χ4n) is 3.21. The minimum atomic E-state index is -0.112. The van der Waals surface area contributed by atoms with Gasteiger partial charge in [0, 0.05) is 0 Å². The summed E-state index contributed by atoms with van der Waals surface area (Å²) in [6.45, 7) is 4.36. The van der Waals surface area contributed by atoms with Gasteiger partial charge >= 0.3 is 0 Å². The second kappa shape index (κ2) is 6.38. The molecule has 0 spiro atoms. The molecule has 1 heteroatoms. The standard InChI is InChI=1S/C17H26O/c1-13(2)12-16(18)11-10-15-8-5-7-14-6-3-4-9-17(14)15/h3-4,6,9,13,15-16,18H,5,7-8,10-12H2,1-2H3. The van der Waals surface area contributed by atoms with Crippen LogP contribution in [0.15, 0.2) is 24.3 Å². The molecule has 1 nitrogen and oxygen atoms in total. The Morgan fingerprint density at radius 2 is 2.06 bits per heavy atom. The Bertz CT molecular complexity index is 370. The van der Waals surface area contributed by atoms with E-state index < -0.39 is 0 Å². The molecule has 1 N–H and O–H groups in total. The van der Waals surface area contributed by atoms with E-state index in [1.54, 1.807) is 5.56 Å². The van der Waals surface area contributed by atoms with Crippen LogP contribution in [0.4, 0.5) is 0 Å². The molecule has 0 saturated carbocycles. The predicted octanol–water partition coefficient (Wildman–Crippen LogP) is 4.29. The van der Waals surface area contributed by atoms with Crippen LogP contribution in [0.5, 0.6) is 0 Å². The Hall–Kier alpha value is -0.820. The quantitative estimate of drug-likeness (QED) is 0.821. The normalized spacial score (nSPS) is 20.8. The summed E-state index contributed by atoms with van der Waals surface area (Å²) in [6, 6.07) is 8.86. The van der Waals surface area contributed by atoms with Gasteiger partial charge in [0.05, 0.1) is 6.10 Å². The molecule has 2 atom stereocenters. The van der Waals surface area contributed by atoms with Crippen molar-refractivity contribution < 1.29 is 5.11 Å². The highest BCUT2D eigenvalue weighted by molar-refractivity contribution is 5.32. The molecule has 1 aromatic carbocycles. The van der Waals surface area contributed by atoms with Gasteiger partial charge in [-0.1, -0.05) is 38.1 Å². The van der Waals surface area contributed by atoms with Crippen LogP contribution in [0.2, 0.25) is 0 Å². The minimum absolute atomic E-state index is 0.112. The first-order valence-corrected chi connectivity index (χ1v) is 7.42. The summed E-state index contributed by atoms with van der Waals surface area (Å²) in [4.78, 5) is 0. The van der Waals surface area contributed by atoms with Gasteiger partial charge in [0.1, 0.15) is 0 Å². The van der Waals surface area contributed by atoms with Crippen molar-refractivity contribution in [1.29, 1.82) is 0 Å². The number of aliphatic hydroxyl groups is 1. The number of rotatable bonds is 5. The molecule has 0 aliphatic heterocycles. The fraction of sp³-hybridized carbons (Fsp3) is 0.647. The van der Waals surface area contributed by atoms with E-state index >= 15 is 0 Å². The van der Waals surface area contributed by atoms with Crippen molar-refractivity contribution in [2.75, 3.05) is 0 Å². The van der Waals surface area contributed by atoms with Gasteiger partial charge < -0.3 is 5.11 Å². The summed E-state index contributed by atoms with van der Waals surface area (Å²) in [5.74, 6) is 1.27. The highest BCUT2D eigenvalue weighted by atomic mass is 16.3. The van der Waals surface area contributed by atoms with Crippen LogP contribution in [-0.4, -0.2) is 11.2 Å². The number of hydrogen-bond acceptors (Lipinski definition) is 1. The van der Waals surface area contributed by atoms with E-state index in [-0.39, 0.29) is 6.10 Å². The molecule has 2 rings (SSSR count). The second-order valence-electron chi connectivity index (χ2n) is 6.15. The van der Waals surface area contributed by atoms with Crippen molar-refractivity contribution in [3.05, 3.63) is 35.4 Å². The molecule has 0 saturated heterocycles. The van der Waals surface area contributed by atoms with E-state index in [9.17, 15) is 5.11 Å². The van der Waals surface area contributed by atoms with E-state index in [4.69, 9.17) is 0 Å². The van der Waals surface area contributed by atoms with Gasteiger partial charge in [0.25, 0.3) is 0 Å². The SMILES string of the molecule is CC(C)CC(O)CCC1CCCc2ccccc21. The number of fused-ring (bicyclic) bond motifs is 1. The maximum Gasteiger partial charge on any atom is 0.0542 e. The number of hydrogen-bond donors (Lipinski definition) is 1. The lowest BCUT2D eigenvalue weighted by atomic mass is 9.80. The molecule has 1 aliphatic rings. The topological polar surface area (TPSA) is 20.2 Å². The molecule has 0 aromatic heterocycles. The fourth-order valence-corrected chi connectivity index (χ4v) is 3.21. The van der Waals surface area contributed by atoms with E-state index in [2.05, 4.69) is 38.1 Å². The Labute approximate surface area is 111 Å². The Balaban J connectivity index is 1.91. The molecule has 1 aromatic rings. The van der Waals surface area contributed by atoms with Crippen LogP contribution in [0, 0.1) is 5.92 Å². The molecule has 0 heterocycles. The third kappa shape index (κ3) is 3.58. The summed E-state index contributed by atoms with van der Waals surface area (Å²) < 4.78 is 0. The first-order valence-electron chi connectivity index (χ1n) is 7.42. The molecule has 0 amide bonds. The lowest BCUT2D eigenvalue weighted by Gasteiger charge is -2.26. The van der Waals surface area contributed by atoms with Crippen molar-refractivity contribution in [3.63, 3.8) is 0 Å². The minimum Gasteiger partial charge on any atom is -0.393 e. The average Bonchev–Trinajstić information content (AvgIpc) is 2.35. The second-order valence-corrected chi connectivity index (χ2v) is 6.15. The van der Waals surface area contributed by atoms with Crippen LogP contribution in [0.1, 0.15) is 63.0 Å². The van der Waals surface area contributed by atoms with Crippen molar-refractivity contribution in [3.8, 4) is 0 Å². The zero-order valence-corrected chi connectivity index (χ0v) is 11.7. The van der Waals surface area contributed by atoms with Crippen LogP contribution < -0.4 is 0 Å². The molecular formula is C17H26O. The maximum atomic E-state index is 10.00. The highest BCUT2D eigenvalue weighted by Gasteiger charge is 2.20. The molecule has 0 fully saturated rings. The van der Waals surface area contributed by atoms with Crippen LogP contribution in [0.3, 0.4) is 0 Å². The number of benzene rings is 1. The smallest absolute Gasteiger partial charge is 0.0542 e. The summed E-state index contributed by atoms with van der Waals surface area (Å²) in [5, 5.41) is 10.00. The largest absolute Gasteiger partial charge is 0.393 e. The van der Waals surface area contributed by atoms with Gasteiger partial charge in [0.2, 0.25) is 0 Å². The Morgan fingerprint density at radius 3 is 2.83 bits per heavy atom. The molecule has 1 aliphatic carbocycles. The van der Waals surface area contributed by atoms with Gasteiger partial charge in [-0.25, -0.2) is 0 Å². The number of aryl methyl sites for hydroxylation is 1. The van der Waals surface area contributed by atoms with Crippen molar-refractivity contribution in [2.45, 2.75) is 64.4 Å². The van der Waals surface area contributed by atoms with Gasteiger partial charge in [-0.3, -0.25) is 0 Å². The van der Waals surface area contributed by atoms with Gasteiger partial charge in [-0.2, -0.15) is 0 Å². The van der Waals surface area contributed by atoms with E-state index in [1.165, 1.54) is 24.8 Å². The first kappa shape index (κ1) is 13.6. The summed E-state index contributed by atoms with van der Waals surface area (Å²) in [6.07, 6.45) is 6.77. The Morgan fingerprint density at radius 1 is 1.28 bits per heavy atom. The lowest BCUT2D eigenvalue weighted by molar-refractivity contribution is 0.133. The van der Waals surface area contributed by atoms with Crippen molar-refractivity contribution >= 4 is 0 Å². The molecular weight excluding hydrogens is 220 g/mol. The zero-order valence-electron chi connectivity index (χ0n) is 11.7. The Kier molecular flexibility index (Phi) is 4.82. The molecule has 2 unspecified atom stereocenters. The van der Waals surface area contributed by atoms with Crippen LogP contribution in [-0.2, 0) is 6.42 Å². The zero-order chi connectivity index (χ0) is 13.0. The summed E-state index contributed by atoms with van der Waals surface area (Å²) in [7, 11) is 0. The van der Waals surface area contributed by atoms with Gasteiger partial charge in [0.15, 0.2) is 0 Å². The maximum absolute atomic E-state index is 10.00. The van der Waals surface area contributed by atoms with Crippen LogP contribution >= 0.6 is 0 Å². The molecule has 0 radical (unpaired) electrons. The highest BCUT2D eigenvalue weighted by Crippen LogP contribution is 2.35. The van der Waals surface area contributed by atoms with Crippen molar-refractivity contribution in [2.24, 2.45) is 5.92 Å². The molecule has 100 valence electrons. The van der Waals surface area contributed by atoms with E-state index in [0.29, 0.717) is 11.8 Å². The average molecular weight is 246 g/mol. The monoisotopic (exact) mass is 246 g/mol. The first-order chi connectivity index (χ1) is 8.66. The predicted molar refractivity (Wildman–Crippen MR) is 76.8 cm³/mol. The third-order valence-corrected chi connectivity index (χ3v) is 4.09.